The number of rotatable bonds is 4. The van der Waals surface area contributed by atoms with Gasteiger partial charge in [-0.05, 0) is 47.5 Å². The summed E-state index contributed by atoms with van der Waals surface area (Å²) in [4.78, 5) is 13.5. The molecule has 3 aromatic rings. The number of Topliss-reactive ketones (excluding diaryl/α,β-unsaturated/α-hetero) is 1. The number of hydrogen-bond acceptors (Lipinski definition) is 4. The molecule has 0 fully saturated rings. The molecule has 4 rings (SSSR count). The van der Waals surface area contributed by atoms with Crippen molar-refractivity contribution in [2.45, 2.75) is 5.54 Å². The highest BCUT2D eigenvalue weighted by Gasteiger charge is 2.48. The Kier molecular flexibility index (Phi) is 3.88. The quantitative estimate of drug-likeness (QED) is 0.768. The number of ketones is 1. The summed E-state index contributed by atoms with van der Waals surface area (Å²) >= 11 is 0. The second-order valence-electron chi connectivity index (χ2n) is 6.21. The molecule has 0 amide bonds. The molecule has 1 heterocycles. The van der Waals surface area contributed by atoms with E-state index in [2.05, 4.69) is 5.32 Å². The molecule has 0 saturated heterocycles. The van der Waals surface area contributed by atoms with Crippen molar-refractivity contribution in [3.8, 4) is 11.5 Å². The fourth-order valence-corrected chi connectivity index (χ4v) is 3.51. The molecule has 4 heteroatoms. The predicted octanol–water partition coefficient (Wildman–Crippen LogP) is 4.26. The Morgan fingerprint density at radius 1 is 0.731 bits per heavy atom. The summed E-state index contributed by atoms with van der Waals surface area (Å²) in [7, 11) is 3.26. The smallest absolute Gasteiger partial charge is 0.199 e. The zero-order valence-electron chi connectivity index (χ0n) is 14.7. The van der Waals surface area contributed by atoms with Crippen molar-refractivity contribution < 1.29 is 14.3 Å². The van der Waals surface area contributed by atoms with Gasteiger partial charge in [0.1, 0.15) is 11.5 Å². The van der Waals surface area contributed by atoms with Crippen LogP contribution in [0.1, 0.15) is 21.5 Å². The Bertz CT molecular complexity index is 898. The minimum atomic E-state index is -0.970. The number of hydrogen-bond donors (Lipinski definition) is 1. The van der Waals surface area contributed by atoms with Crippen LogP contribution in [0, 0.1) is 0 Å². The van der Waals surface area contributed by atoms with Crippen LogP contribution in [0.15, 0.2) is 72.8 Å². The molecule has 3 aromatic carbocycles. The molecule has 26 heavy (non-hydrogen) atoms. The topological polar surface area (TPSA) is 47.6 Å². The van der Waals surface area contributed by atoms with E-state index >= 15 is 0 Å². The van der Waals surface area contributed by atoms with Gasteiger partial charge in [0.25, 0.3) is 0 Å². The summed E-state index contributed by atoms with van der Waals surface area (Å²) in [5.74, 6) is 1.53. The standard InChI is InChI=1S/C22H19NO3/c1-25-17-11-7-15(8-12-17)22(16-9-13-18(26-2)14-10-16)21(24)19-5-3-4-6-20(19)23-22/h3-14,23H,1-2H3. The van der Waals surface area contributed by atoms with Gasteiger partial charge in [0.15, 0.2) is 11.3 Å². The third-order valence-electron chi connectivity index (χ3n) is 4.88. The van der Waals surface area contributed by atoms with Crippen LogP contribution in [0.3, 0.4) is 0 Å². The van der Waals surface area contributed by atoms with Crippen molar-refractivity contribution in [3.63, 3.8) is 0 Å². The van der Waals surface area contributed by atoms with Crippen molar-refractivity contribution in [1.82, 2.24) is 0 Å². The molecular formula is C22H19NO3. The van der Waals surface area contributed by atoms with Crippen LogP contribution in [0.5, 0.6) is 11.5 Å². The van der Waals surface area contributed by atoms with Crippen molar-refractivity contribution in [1.29, 1.82) is 0 Å². The number of para-hydroxylation sites is 1. The second-order valence-corrected chi connectivity index (χ2v) is 6.21. The van der Waals surface area contributed by atoms with E-state index < -0.39 is 5.54 Å². The number of carbonyl (C=O) groups is 1. The Morgan fingerprint density at radius 3 is 1.69 bits per heavy atom. The number of fused-ring (bicyclic) bond motifs is 1. The van der Waals surface area contributed by atoms with Crippen LogP contribution < -0.4 is 14.8 Å². The lowest BCUT2D eigenvalue weighted by Crippen LogP contribution is -2.39. The summed E-state index contributed by atoms with van der Waals surface area (Å²) in [6, 6.07) is 22.8. The van der Waals surface area contributed by atoms with Crippen LogP contribution >= 0.6 is 0 Å². The van der Waals surface area contributed by atoms with Gasteiger partial charge in [0.2, 0.25) is 0 Å². The number of ether oxygens (including phenoxy) is 2. The van der Waals surface area contributed by atoms with E-state index in [1.165, 1.54) is 0 Å². The fourth-order valence-electron chi connectivity index (χ4n) is 3.51. The van der Waals surface area contributed by atoms with Crippen molar-refractivity contribution >= 4 is 11.5 Å². The normalized spacial score (nSPS) is 14.5. The van der Waals surface area contributed by atoms with Gasteiger partial charge in [0.05, 0.1) is 14.2 Å². The van der Waals surface area contributed by atoms with Crippen LogP contribution in [-0.2, 0) is 5.54 Å². The molecule has 0 spiro atoms. The van der Waals surface area contributed by atoms with Gasteiger partial charge >= 0.3 is 0 Å². The van der Waals surface area contributed by atoms with E-state index in [4.69, 9.17) is 9.47 Å². The van der Waals surface area contributed by atoms with E-state index in [0.717, 1.165) is 28.3 Å². The van der Waals surface area contributed by atoms with Gasteiger partial charge in [-0.25, -0.2) is 0 Å². The Balaban J connectivity index is 1.91. The molecule has 0 aromatic heterocycles. The SMILES string of the molecule is COc1ccc(C2(c3ccc(OC)cc3)Nc3ccccc3C2=O)cc1. The van der Waals surface area contributed by atoms with E-state index in [1.54, 1.807) is 14.2 Å². The summed E-state index contributed by atoms with van der Waals surface area (Å²) < 4.78 is 10.5. The lowest BCUT2D eigenvalue weighted by Gasteiger charge is -2.30. The maximum atomic E-state index is 13.5. The van der Waals surface area contributed by atoms with Crippen LogP contribution in [0.2, 0.25) is 0 Å². The molecule has 130 valence electrons. The lowest BCUT2D eigenvalue weighted by atomic mass is 9.79. The summed E-state index contributed by atoms with van der Waals surface area (Å²) in [6.45, 7) is 0. The van der Waals surface area contributed by atoms with Crippen molar-refractivity contribution in [2.75, 3.05) is 19.5 Å². The van der Waals surface area contributed by atoms with Gasteiger partial charge < -0.3 is 14.8 Å². The monoisotopic (exact) mass is 345 g/mol. The van der Waals surface area contributed by atoms with E-state index in [1.807, 2.05) is 72.8 Å². The largest absolute Gasteiger partial charge is 0.497 e. The first kappa shape index (κ1) is 16.2. The molecule has 0 aliphatic carbocycles. The van der Waals surface area contributed by atoms with Crippen LogP contribution in [0.4, 0.5) is 5.69 Å². The lowest BCUT2D eigenvalue weighted by molar-refractivity contribution is 0.0941. The molecule has 0 bridgehead atoms. The number of methoxy groups -OCH3 is 2. The van der Waals surface area contributed by atoms with Crippen LogP contribution in [0.25, 0.3) is 0 Å². The molecule has 1 aliphatic rings. The van der Waals surface area contributed by atoms with Crippen LogP contribution in [-0.4, -0.2) is 20.0 Å². The minimum Gasteiger partial charge on any atom is -0.497 e. The zero-order valence-corrected chi connectivity index (χ0v) is 14.7. The highest BCUT2D eigenvalue weighted by molar-refractivity contribution is 6.15. The van der Waals surface area contributed by atoms with Gasteiger partial charge in [-0.15, -0.1) is 0 Å². The van der Waals surface area contributed by atoms with Crippen molar-refractivity contribution in [2.24, 2.45) is 0 Å². The van der Waals surface area contributed by atoms with E-state index in [-0.39, 0.29) is 5.78 Å². The average molecular weight is 345 g/mol. The Hall–Kier alpha value is -3.27. The summed E-state index contributed by atoms with van der Waals surface area (Å²) in [5, 5.41) is 3.47. The average Bonchev–Trinajstić information content (AvgIpc) is 3.02. The number of nitrogens with one attached hydrogen (secondary N) is 1. The number of carbonyl (C=O) groups excluding carboxylic acids is 1. The maximum absolute atomic E-state index is 13.5. The summed E-state index contributed by atoms with van der Waals surface area (Å²) in [6.07, 6.45) is 0. The van der Waals surface area contributed by atoms with Crippen molar-refractivity contribution in [3.05, 3.63) is 89.5 Å². The Labute approximate surface area is 152 Å². The zero-order chi connectivity index (χ0) is 18.1. The first-order valence-electron chi connectivity index (χ1n) is 8.40. The van der Waals surface area contributed by atoms with Gasteiger partial charge in [-0.3, -0.25) is 4.79 Å². The first-order chi connectivity index (χ1) is 12.7. The third-order valence-corrected chi connectivity index (χ3v) is 4.88. The molecular weight excluding hydrogens is 326 g/mol. The number of benzene rings is 3. The fraction of sp³-hybridized carbons (Fsp3) is 0.136. The minimum absolute atomic E-state index is 0.0310. The molecule has 1 N–H and O–H groups in total. The molecule has 1 aliphatic heterocycles. The number of anilines is 1. The highest BCUT2D eigenvalue weighted by atomic mass is 16.5. The maximum Gasteiger partial charge on any atom is 0.199 e. The third kappa shape index (κ3) is 2.34. The van der Waals surface area contributed by atoms with E-state index in [0.29, 0.717) is 5.56 Å². The molecule has 0 radical (unpaired) electrons. The van der Waals surface area contributed by atoms with E-state index in [9.17, 15) is 4.79 Å². The Morgan fingerprint density at radius 2 is 1.23 bits per heavy atom. The second kappa shape index (κ2) is 6.23. The summed E-state index contributed by atoms with van der Waals surface area (Å²) in [5.41, 5.74) is 2.29. The predicted molar refractivity (Wildman–Crippen MR) is 101 cm³/mol. The molecule has 0 unspecified atom stereocenters. The first-order valence-corrected chi connectivity index (χ1v) is 8.40. The molecule has 0 saturated carbocycles. The molecule has 0 atom stereocenters. The van der Waals surface area contributed by atoms with Gasteiger partial charge in [0, 0.05) is 11.3 Å². The molecule has 4 nitrogen and oxygen atoms in total. The van der Waals surface area contributed by atoms with Gasteiger partial charge in [-0.1, -0.05) is 36.4 Å². The highest BCUT2D eigenvalue weighted by Crippen LogP contribution is 2.44. The van der Waals surface area contributed by atoms with Gasteiger partial charge in [-0.2, -0.15) is 0 Å².